The summed E-state index contributed by atoms with van der Waals surface area (Å²) in [6.45, 7) is 0. The van der Waals surface area contributed by atoms with Gasteiger partial charge in [-0.15, -0.1) is 0 Å². The Bertz CT molecular complexity index is 3100. The van der Waals surface area contributed by atoms with E-state index in [0.29, 0.717) is 0 Å². The number of hydrogen-bond donors (Lipinski definition) is 0. The van der Waals surface area contributed by atoms with Crippen molar-refractivity contribution in [1.82, 2.24) is 4.57 Å². The second kappa shape index (κ2) is 13.6. The third kappa shape index (κ3) is 5.68. The molecule has 2 heterocycles. The van der Waals surface area contributed by atoms with Crippen LogP contribution in [-0.2, 0) is 0 Å². The van der Waals surface area contributed by atoms with Gasteiger partial charge in [-0.25, -0.2) is 0 Å². The number of benzene rings is 9. The number of para-hydroxylation sites is 2. The van der Waals surface area contributed by atoms with Gasteiger partial charge < -0.3 is 13.9 Å². The lowest BCUT2D eigenvalue weighted by atomic mass is 10.0. The molecule has 0 aliphatic rings. The molecule has 11 aromatic rings. The molecule has 11 rings (SSSR count). The Morgan fingerprint density at radius 3 is 1.37 bits per heavy atom. The molecule has 0 saturated carbocycles. The van der Waals surface area contributed by atoms with Gasteiger partial charge in [-0.2, -0.15) is 0 Å². The molecule has 0 radical (unpaired) electrons. The zero-order chi connectivity index (χ0) is 37.7. The van der Waals surface area contributed by atoms with Crippen molar-refractivity contribution < 1.29 is 4.42 Å². The fourth-order valence-corrected chi connectivity index (χ4v) is 8.44. The first-order chi connectivity index (χ1) is 28.3. The second-order valence-corrected chi connectivity index (χ2v) is 14.5. The molecule has 0 amide bonds. The van der Waals surface area contributed by atoms with Gasteiger partial charge in [0.25, 0.3) is 0 Å². The molecule has 0 aliphatic carbocycles. The van der Waals surface area contributed by atoms with Crippen LogP contribution in [0.1, 0.15) is 0 Å². The Morgan fingerprint density at radius 2 is 0.789 bits per heavy atom. The molecule has 0 aliphatic heterocycles. The first kappa shape index (κ1) is 32.8. The molecule has 0 atom stereocenters. The number of nitrogens with zero attached hydrogens (tertiary/aromatic N) is 2. The quantitative estimate of drug-likeness (QED) is 0.163. The van der Waals surface area contributed by atoms with E-state index in [9.17, 15) is 0 Å². The van der Waals surface area contributed by atoms with Gasteiger partial charge in [0.15, 0.2) is 0 Å². The van der Waals surface area contributed by atoms with E-state index in [4.69, 9.17) is 4.42 Å². The van der Waals surface area contributed by atoms with E-state index in [2.05, 4.69) is 228 Å². The van der Waals surface area contributed by atoms with E-state index >= 15 is 0 Å². The van der Waals surface area contributed by atoms with Crippen LogP contribution < -0.4 is 4.90 Å². The number of fused-ring (bicyclic) bond motifs is 7. The number of furan rings is 1. The van der Waals surface area contributed by atoms with Crippen molar-refractivity contribution in [2.24, 2.45) is 0 Å². The van der Waals surface area contributed by atoms with Crippen LogP contribution in [0, 0.1) is 0 Å². The third-order valence-corrected chi connectivity index (χ3v) is 11.2. The van der Waals surface area contributed by atoms with Crippen LogP contribution in [0.15, 0.2) is 223 Å². The highest BCUT2D eigenvalue weighted by atomic mass is 16.3. The van der Waals surface area contributed by atoms with Gasteiger partial charge in [0.05, 0.1) is 16.4 Å². The molecule has 0 fully saturated rings. The van der Waals surface area contributed by atoms with Gasteiger partial charge in [0, 0.05) is 38.9 Å². The highest BCUT2D eigenvalue weighted by molar-refractivity contribution is 6.24. The van der Waals surface area contributed by atoms with Gasteiger partial charge in [-0.3, -0.25) is 0 Å². The van der Waals surface area contributed by atoms with Crippen molar-refractivity contribution in [3.05, 3.63) is 218 Å². The van der Waals surface area contributed by atoms with Crippen LogP contribution in [0.3, 0.4) is 0 Å². The minimum atomic E-state index is 0.884. The highest BCUT2D eigenvalue weighted by Gasteiger charge is 2.19. The maximum Gasteiger partial charge on any atom is 0.145 e. The number of aromatic nitrogens is 1. The zero-order valence-electron chi connectivity index (χ0n) is 31.1. The molecule has 0 unspecified atom stereocenters. The van der Waals surface area contributed by atoms with E-state index in [1.54, 1.807) is 0 Å². The van der Waals surface area contributed by atoms with Crippen molar-refractivity contribution >= 4 is 60.8 Å². The second-order valence-electron chi connectivity index (χ2n) is 14.5. The third-order valence-electron chi connectivity index (χ3n) is 11.2. The SMILES string of the molecule is c1ccc(-c2ccc(N(c3ccc(-c4ccccc4)cc3)c3ccc(-c4ccc5c(c4)oc4c5ccc5c4c4ccccc4n5-c4ccccc4)cc3)cc2)cc1. The van der Waals surface area contributed by atoms with Crippen molar-refractivity contribution in [2.75, 3.05) is 4.90 Å². The van der Waals surface area contributed by atoms with Crippen LogP contribution in [0.2, 0.25) is 0 Å². The minimum absolute atomic E-state index is 0.884. The summed E-state index contributed by atoms with van der Waals surface area (Å²) in [5.41, 5.74) is 15.6. The topological polar surface area (TPSA) is 21.3 Å². The lowest BCUT2D eigenvalue weighted by Crippen LogP contribution is -2.09. The molecule has 0 N–H and O–H groups in total. The molecule has 3 nitrogen and oxygen atoms in total. The average molecular weight is 729 g/mol. The Morgan fingerprint density at radius 1 is 0.333 bits per heavy atom. The summed E-state index contributed by atoms with van der Waals surface area (Å²) in [5, 5.41) is 4.57. The number of hydrogen-bond acceptors (Lipinski definition) is 2. The van der Waals surface area contributed by atoms with Crippen molar-refractivity contribution in [3.63, 3.8) is 0 Å². The molecular formula is C54H36N2O. The highest BCUT2D eigenvalue weighted by Crippen LogP contribution is 2.42. The zero-order valence-corrected chi connectivity index (χ0v) is 31.1. The maximum absolute atomic E-state index is 6.82. The van der Waals surface area contributed by atoms with Crippen LogP contribution in [0.4, 0.5) is 17.1 Å². The summed E-state index contributed by atoms with van der Waals surface area (Å²) in [4.78, 5) is 2.33. The fourth-order valence-electron chi connectivity index (χ4n) is 8.44. The molecule has 0 saturated heterocycles. The lowest BCUT2D eigenvalue weighted by molar-refractivity contribution is 0.673. The molecule has 0 spiro atoms. The van der Waals surface area contributed by atoms with Crippen molar-refractivity contribution in [2.45, 2.75) is 0 Å². The Kier molecular flexibility index (Phi) is 7.82. The number of anilines is 3. The number of rotatable bonds is 7. The van der Waals surface area contributed by atoms with Gasteiger partial charge in [0.1, 0.15) is 11.2 Å². The largest absolute Gasteiger partial charge is 0.455 e. The maximum atomic E-state index is 6.82. The summed E-state index contributed by atoms with van der Waals surface area (Å²) in [5.74, 6) is 0. The van der Waals surface area contributed by atoms with Gasteiger partial charge in [0.2, 0.25) is 0 Å². The summed E-state index contributed by atoms with van der Waals surface area (Å²) in [6.07, 6.45) is 0. The monoisotopic (exact) mass is 728 g/mol. The Hall–Kier alpha value is -7.62. The molecule has 0 bridgehead atoms. The lowest BCUT2D eigenvalue weighted by Gasteiger charge is -2.26. The van der Waals surface area contributed by atoms with Gasteiger partial charge in [-0.05, 0) is 112 Å². The molecule has 57 heavy (non-hydrogen) atoms. The smallest absolute Gasteiger partial charge is 0.145 e. The molecule has 268 valence electrons. The van der Waals surface area contributed by atoms with Gasteiger partial charge >= 0.3 is 0 Å². The molecule has 9 aromatic carbocycles. The normalized spacial score (nSPS) is 11.5. The van der Waals surface area contributed by atoms with E-state index < -0.39 is 0 Å². The first-order valence-corrected chi connectivity index (χ1v) is 19.4. The van der Waals surface area contributed by atoms with Crippen LogP contribution in [-0.4, -0.2) is 4.57 Å². The van der Waals surface area contributed by atoms with Crippen LogP contribution in [0.5, 0.6) is 0 Å². The minimum Gasteiger partial charge on any atom is -0.455 e. The predicted octanol–water partition coefficient (Wildman–Crippen LogP) is 15.2. The van der Waals surface area contributed by atoms with E-state index in [0.717, 1.165) is 66.7 Å². The summed E-state index contributed by atoms with van der Waals surface area (Å²) >= 11 is 0. The van der Waals surface area contributed by atoms with Crippen molar-refractivity contribution in [1.29, 1.82) is 0 Å². The van der Waals surface area contributed by atoms with E-state index in [-0.39, 0.29) is 0 Å². The summed E-state index contributed by atoms with van der Waals surface area (Å²) in [6, 6.07) is 77.9. The van der Waals surface area contributed by atoms with Gasteiger partial charge in [-0.1, -0.05) is 140 Å². The fraction of sp³-hybridized carbons (Fsp3) is 0. The Balaban J connectivity index is 0.977. The molecule has 2 aromatic heterocycles. The first-order valence-electron chi connectivity index (χ1n) is 19.4. The van der Waals surface area contributed by atoms with Crippen LogP contribution in [0.25, 0.3) is 82.8 Å². The predicted molar refractivity (Wildman–Crippen MR) is 239 cm³/mol. The van der Waals surface area contributed by atoms with Crippen LogP contribution >= 0.6 is 0 Å². The summed E-state index contributed by atoms with van der Waals surface area (Å²) < 4.78 is 9.16. The molecule has 3 heteroatoms. The Labute approximate surface area is 330 Å². The molecular weight excluding hydrogens is 693 g/mol. The average Bonchev–Trinajstić information content (AvgIpc) is 3.84. The standard InChI is InChI=1S/C54H36N2O/c1-4-12-37(13-5-1)39-20-27-44(28-21-39)55(45-29-22-40(23-30-45)38-14-6-2-7-15-38)46-31-24-41(25-32-46)42-26-33-47-48-34-35-51-53(54(48)57-52(47)36-42)49-18-10-11-19-50(49)56(51)43-16-8-3-9-17-43/h1-36H. The van der Waals surface area contributed by atoms with Crippen molar-refractivity contribution in [3.8, 4) is 39.1 Å². The summed E-state index contributed by atoms with van der Waals surface area (Å²) in [7, 11) is 0. The van der Waals surface area contributed by atoms with E-state index in [1.165, 1.54) is 33.2 Å². The van der Waals surface area contributed by atoms with E-state index in [1.807, 2.05) is 0 Å².